The predicted octanol–water partition coefficient (Wildman–Crippen LogP) is 6.25. The number of rotatable bonds is 9. The Kier molecular flexibility index (Phi) is 9.80. The largest absolute Gasteiger partial charge is 0.353 e. The maximum absolute atomic E-state index is 12.9. The fourth-order valence-electron chi connectivity index (χ4n) is 6.23. The molecule has 0 aromatic heterocycles. The average molecular weight is 506 g/mol. The van der Waals surface area contributed by atoms with Gasteiger partial charge in [-0.25, -0.2) is 4.79 Å². The lowest BCUT2D eigenvalue weighted by Gasteiger charge is -2.33. The van der Waals surface area contributed by atoms with E-state index in [9.17, 15) is 9.59 Å². The normalized spacial score (nSPS) is 21.1. The van der Waals surface area contributed by atoms with Crippen LogP contribution in [0.4, 0.5) is 10.5 Å². The van der Waals surface area contributed by atoms with Crippen molar-refractivity contribution < 1.29 is 9.59 Å². The van der Waals surface area contributed by atoms with Crippen molar-refractivity contribution in [1.82, 2.24) is 15.5 Å². The fourth-order valence-corrected chi connectivity index (χ4v) is 6.23. The number of nitrogens with zero attached hydrogens (tertiary/aromatic N) is 1. The van der Waals surface area contributed by atoms with Crippen LogP contribution in [0.1, 0.15) is 77.0 Å². The van der Waals surface area contributed by atoms with Gasteiger partial charge in [0.05, 0.1) is 5.69 Å². The van der Waals surface area contributed by atoms with Crippen LogP contribution in [0.2, 0.25) is 0 Å². The van der Waals surface area contributed by atoms with Crippen LogP contribution in [0.5, 0.6) is 0 Å². The molecule has 2 aliphatic carbocycles. The SMILES string of the molecule is CN(C=O)C(=N)N[C@H](CCC1CCCCC1)C[C@H]1CCC[C@@H](NC(=O)Nc2cccc3ccccc23)C1. The number of hydrogen-bond donors (Lipinski definition) is 4. The van der Waals surface area contributed by atoms with Crippen molar-refractivity contribution in [2.45, 2.75) is 89.1 Å². The first kappa shape index (κ1) is 27.0. The van der Waals surface area contributed by atoms with Crippen LogP contribution >= 0.6 is 0 Å². The quantitative estimate of drug-likeness (QED) is 0.184. The van der Waals surface area contributed by atoms with E-state index in [1.165, 1.54) is 43.4 Å². The maximum Gasteiger partial charge on any atom is 0.319 e. The molecule has 0 aliphatic heterocycles. The number of guanidine groups is 1. The maximum atomic E-state index is 12.9. The summed E-state index contributed by atoms with van der Waals surface area (Å²) in [4.78, 5) is 25.4. The van der Waals surface area contributed by atoms with Crippen molar-refractivity contribution in [3.63, 3.8) is 0 Å². The van der Waals surface area contributed by atoms with Crippen molar-refractivity contribution in [2.24, 2.45) is 11.8 Å². The first-order valence-corrected chi connectivity index (χ1v) is 14.1. The molecule has 2 saturated carbocycles. The molecule has 37 heavy (non-hydrogen) atoms. The molecular formula is C30H43N5O2. The Morgan fingerprint density at radius 1 is 1.03 bits per heavy atom. The molecule has 3 amide bonds. The van der Waals surface area contributed by atoms with E-state index in [0.29, 0.717) is 12.3 Å². The number of benzene rings is 2. The van der Waals surface area contributed by atoms with E-state index in [4.69, 9.17) is 5.41 Å². The molecule has 4 N–H and O–H groups in total. The topological polar surface area (TPSA) is 97.3 Å². The van der Waals surface area contributed by atoms with Gasteiger partial charge in [0.25, 0.3) is 0 Å². The molecular weight excluding hydrogens is 462 g/mol. The third kappa shape index (κ3) is 7.94. The van der Waals surface area contributed by atoms with Crippen LogP contribution in [0.3, 0.4) is 0 Å². The van der Waals surface area contributed by atoms with E-state index in [-0.39, 0.29) is 24.1 Å². The molecule has 0 unspecified atom stereocenters. The van der Waals surface area contributed by atoms with Gasteiger partial charge in [0.2, 0.25) is 6.41 Å². The van der Waals surface area contributed by atoms with Gasteiger partial charge < -0.3 is 16.0 Å². The molecule has 200 valence electrons. The molecule has 0 heterocycles. The third-order valence-electron chi connectivity index (χ3n) is 8.27. The summed E-state index contributed by atoms with van der Waals surface area (Å²) >= 11 is 0. The summed E-state index contributed by atoms with van der Waals surface area (Å²) < 4.78 is 0. The zero-order valence-electron chi connectivity index (χ0n) is 22.2. The molecule has 0 saturated heterocycles. The number of carbonyl (C=O) groups is 2. The molecule has 2 aromatic rings. The Morgan fingerprint density at radius 2 is 1.78 bits per heavy atom. The number of urea groups is 1. The highest BCUT2D eigenvalue weighted by Gasteiger charge is 2.27. The van der Waals surface area contributed by atoms with E-state index in [1.54, 1.807) is 7.05 Å². The van der Waals surface area contributed by atoms with Gasteiger partial charge in [-0.15, -0.1) is 0 Å². The van der Waals surface area contributed by atoms with Crippen molar-refractivity contribution in [3.8, 4) is 0 Å². The lowest BCUT2D eigenvalue weighted by molar-refractivity contribution is -0.114. The van der Waals surface area contributed by atoms with Gasteiger partial charge in [-0.05, 0) is 55.4 Å². The molecule has 0 spiro atoms. The Balaban J connectivity index is 1.32. The monoisotopic (exact) mass is 505 g/mol. The Morgan fingerprint density at radius 3 is 2.59 bits per heavy atom. The minimum atomic E-state index is -0.150. The predicted molar refractivity (Wildman–Crippen MR) is 151 cm³/mol. The van der Waals surface area contributed by atoms with Crippen LogP contribution in [0, 0.1) is 17.2 Å². The van der Waals surface area contributed by atoms with Gasteiger partial charge >= 0.3 is 6.03 Å². The summed E-state index contributed by atoms with van der Waals surface area (Å²) in [5, 5.41) is 20.0. The Labute approximate surface area is 221 Å². The van der Waals surface area contributed by atoms with Crippen LogP contribution < -0.4 is 16.0 Å². The van der Waals surface area contributed by atoms with E-state index in [1.807, 2.05) is 30.3 Å². The summed E-state index contributed by atoms with van der Waals surface area (Å²) in [7, 11) is 1.62. The number of carbonyl (C=O) groups excluding carboxylic acids is 2. The Hall–Kier alpha value is -3.09. The number of nitrogens with one attached hydrogen (secondary N) is 4. The highest BCUT2D eigenvalue weighted by atomic mass is 16.2. The zero-order valence-corrected chi connectivity index (χ0v) is 22.2. The number of fused-ring (bicyclic) bond motifs is 1. The number of hydrogen-bond acceptors (Lipinski definition) is 3. The molecule has 4 rings (SSSR count). The molecule has 0 radical (unpaired) electrons. The van der Waals surface area contributed by atoms with E-state index >= 15 is 0 Å². The average Bonchev–Trinajstić information content (AvgIpc) is 2.92. The first-order chi connectivity index (χ1) is 18.0. The Bertz CT molecular complexity index is 1050. The zero-order chi connectivity index (χ0) is 26.0. The van der Waals surface area contributed by atoms with Crippen LogP contribution in [0.25, 0.3) is 10.8 Å². The molecule has 7 heteroatoms. The van der Waals surface area contributed by atoms with Gasteiger partial charge in [0.1, 0.15) is 0 Å². The first-order valence-electron chi connectivity index (χ1n) is 14.1. The summed E-state index contributed by atoms with van der Waals surface area (Å²) in [5.41, 5.74) is 0.827. The summed E-state index contributed by atoms with van der Waals surface area (Å²) in [6.07, 6.45) is 14.7. The highest BCUT2D eigenvalue weighted by molar-refractivity contribution is 6.01. The molecule has 2 aliphatic rings. The van der Waals surface area contributed by atoms with Gasteiger partial charge in [-0.2, -0.15) is 0 Å². The number of amides is 3. The van der Waals surface area contributed by atoms with E-state index in [2.05, 4.69) is 28.1 Å². The lowest BCUT2D eigenvalue weighted by atomic mass is 9.80. The molecule has 0 bridgehead atoms. The molecule has 3 atom stereocenters. The van der Waals surface area contributed by atoms with Crippen LogP contribution in [-0.4, -0.2) is 42.4 Å². The number of anilines is 1. The van der Waals surface area contributed by atoms with Crippen molar-refractivity contribution in [3.05, 3.63) is 42.5 Å². The van der Waals surface area contributed by atoms with E-state index in [0.717, 1.165) is 60.9 Å². The van der Waals surface area contributed by atoms with Crippen molar-refractivity contribution in [2.75, 3.05) is 12.4 Å². The summed E-state index contributed by atoms with van der Waals surface area (Å²) in [5.74, 6) is 1.44. The van der Waals surface area contributed by atoms with Gasteiger partial charge in [0, 0.05) is 24.5 Å². The van der Waals surface area contributed by atoms with Gasteiger partial charge in [-0.3, -0.25) is 15.1 Å². The van der Waals surface area contributed by atoms with Crippen molar-refractivity contribution >= 4 is 34.9 Å². The lowest BCUT2D eigenvalue weighted by Crippen LogP contribution is -2.45. The fraction of sp³-hybridized carbons (Fsp3) is 0.567. The molecule has 2 fully saturated rings. The minimum Gasteiger partial charge on any atom is -0.353 e. The second-order valence-electron chi connectivity index (χ2n) is 11.1. The highest BCUT2D eigenvalue weighted by Crippen LogP contribution is 2.32. The third-order valence-corrected chi connectivity index (χ3v) is 8.27. The summed E-state index contributed by atoms with van der Waals surface area (Å²) in [6.45, 7) is 0. The second kappa shape index (κ2) is 13.5. The standard InChI is InChI=1S/C30H43N5O2/c1-35(21-36)29(31)32-26(18-17-22-9-3-2-4-10-22)20-23-11-7-14-25(19-23)33-30(37)34-28-16-8-13-24-12-5-6-15-27(24)28/h5-6,8,12-13,15-16,21-23,25-26H,2-4,7,9-11,14,17-20H2,1H3,(H2,31,32)(H2,33,34,37)/t23-,25+,26+/m0/s1. The van der Waals surface area contributed by atoms with Crippen LogP contribution in [-0.2, 0) is 4.79 Å². The van der Waals surface area contributed by atoms with Gasteiger partial charge in [-0.1, -0.05) is 81.3 Å². The van der Waals surface area contributed by atoms with Gasteiger partial charge in [0.15, 0.2) is 5.96 Å². The molecule has 7 nitrogen and oxygen atoms in total. The minimum absolute atomic E-state index is 0.143. The summed E-state index contributed by atoms with van der Waals surface area (Å²) in [6, 6.07) is 14.2. The van der Waals surface area contributed by atoms with Crippen LogP contribution in [0.15, 0.2) is 42.5 Å². The van der Waals surface area contributed by atoms with Crippen molar-refractivity contribution in [1.29, 1.82) is 5.41 Å². The smallest absolute Gasteiger partial charge is 0.319 e. The molecule has 2 aromatic carbocycles. The van der Waals surface area contributed by atoms with E-state index < -0.39 is 0 Å². The second-order valence-corrected chi connectivity index (χ2v) is 11.1.